The van der Waals surface area contributed by atoms with Crippen LogP contribution < -0.4 is 24.4 Å². The Morgan fingerprint density at radius 3 is 2.62 bits per heavy atom. The van der Waals surface area contributed by atoms with E-state index in [2.05, 4.69) is 4.99 Å². The van der Waals surface area contributed by atoms with Crippen molar-refractivity contribution >= 4 is 29.1 Å². The highest BCUT2D eigenvalue weighted by Gasteiger charge is 2.35. The molecule has 4 aromatic rings. The van der Waals surface area contributed by atoms with Crippen LogP contribution in [0.5, 0.6) is 11.5 Å². The van der Waals surface area contributed by atoms with Crippen LogP contribution in [0.4, 0.5) is 5.69 Å². The number of nitro groups is 1. The van der Waals surface area contributed by atoms with Crippen LogP contribution in [-0.4, -0.2) is 36.3 Å². The smallest absolute Gasteiger partial charge is 0.338 e. The van der Waals surface area contributed by atoms with Crippen molar-refractivity contribution in [3.8, 4) is 22.8 Å². The third kappa shape index (κ3) is 5.12. The van der Waals surface area contributed by atoms with Gasteiger partial charge in [-0.2, -0.15) is 0 Å². The zero-order chi connectivity index (χ0) is 30.1. The van der Waals surface area contributed by atoms with Gasteiger partial charge in [0.1, 0.15) is 29.1 Å². The van der Waals surface area contributed by atoms with Gasteiger partial charge in [0.2, 0.25) is 0 Å². The third-order valence-electron chi connectivity index (χ3n) is 6.76. The minimum Gasteiger partial charge on any atom is -0.497 e. The first-order valence-corrected chi connectivity index (χ1v) is 13.7. The lowest BCUT2D eigenvalue weighted by molar-refractivity contribution is -0.384. The number of hydrogen-bond acceptors (Lipinski definition) is 10. The lowest BCUT2D eigenvalue weighted by atomic mass is 9.95. The Hall–Kier alpha value is -4.97. The molecule has 42 heavy (non-hydrogen) atoms. The summed E-state index contributed by atoms with van der Waals surface area (Å²) in [5.41, 5.74) is 1.71. The number of allylic oxidation sites excluding steroid dienone is 1. The molecule has 0 aliphatic carbocycles. The third-order valence-corrected chi connectivity index (χ3v) is 7.75. The molecule has 2 aromatic heterocycles. The molecule has 0 bridgehead atoms. The topological polar surface area (TPSA) is 135 Å². The van der Waals surface area contributed by atoms with Gasteiger partial charge in [0.05, 0.1) is 47.1 Å². The van der Waals surface area contributed by atoms with Gasteiger partial charge in [0.15, 0.2) is 4.80 Å². The maximum Gasteiger partial charge on any atom is 0.338 e. The summed E-state index contributed by atoms with van der Waals surface area (Å²) in [6.07, 6.45) is 1.55. The minimum atomic E-state index is -0.908. The Balaban J connectivity index is 1.68. The molecule has 12 heteroatoms. The van der Waals surface area contributed by atoms with Crippen molar-refractivity contribution in [2.24, 2.45) is 4.99 Å². The van der Waals surface area contributed by atoms with E-state index in [1.165, 1.54) is 24.9 Å². The van der Waals surface area contributed by atoms with Gasteiger partial charge in [-0.15, -0.1) is 0 Å². The number of nitro benzene ring substituents is 1. The van der Waals surface area contributed by atoms with Gasteiger partial charge in [-0.25, -0.2) is 9.79 Å². The molecule has 2 aromatic carbocycles. The van der Waals surface area contributed by atoms with E-state index in [-0.39, 0.29) is 22.4 Å². The molecule has 1 aliphatic heterocycles. The molecule has 0 radical (unpaired) electrons. The van der Waals surface area contributed by atoms with Crippen LogP contribution in [0.3, 0.4) is 0 Å². The lowest BCUT2D eigenvalue weighted by Gasteiger charge is -2.26. The van der Waals surface area contributed by atoms with Crippen molar-refractivity contribution < 1.29 is 28.3 Å². The fourth-order valence-corrected chi connectivity index (χ4v) is 5.87. The summed E-state index contributed by atoms with van der Waals surface area (Å²) in [4.78, 5) is 43.3. The molecular formula is C30H27N3O8S. The molecule has 3 heterocycles. The summed E-state index contributed by atoms with van der Waals surface area (Å²) < 4.78 is 24.1. The molecule has 0 unspecified atom stereocenters. The molecule has 0 N–H and O–H groups in total. The molecule has 0 saturated heterocycles. The number of nitrogens with zero attached hydrogens (tertiary/aromatic N) is 3. The van der Waals surface area contributed by atoms with E-state index >= 15 is 0 Å². The van der Waals surface area contributed by atoms with Gasteiger partial charge in [0.25, 0.3) is 11.2 Å². The monoisotopic (exact) mass is 589 g/mol. The summed E-state index contributed by atoms with van der Waals surface area (Å²) in [6.45, 7) is 5.30. The highest BCUT2D eigenvalue weighted by atomic mass is 32.1. The van der Waals surface area contributed by atoms with Crippen molar-refractivity contribution in [2.45, 2.75) is 26.8 Å². The molecule has 0 spiro atoms. The average Bonchev–Trinajstić information content (AvgIpc) is 3.55. The number of aryl methyl sites for hydroxylation is 1. The summed E-state index contributed by atoms with van der Waals surface area (Å²) in [5.74, 6) is 0.974. The van der Waals surface area contributed by atoms with Crippen molar-refractivity contribution in [1.29, 1.82) is 0 Å². The first kappa shape index (κ1) is 28.6. The second-order valence-corrected chi connectivity index (χ2v) is 10.4. The number of fused-ring (bicyclic) bond motifs is 1. The van der Waals surface area contributed by atoms with Gasteiger partial charge in [0, 0.05) is 17.7 Å². The van der Waals surface area contributed by atoms with E-state index in [1.807, 2.05) is 0 Å². The quantitative estimate of drug-likeness (QED) is 0.169. The van der Waals surface area contributed by atoms with E-state index in [1.54, 1.807) is 69.3 Å². The number of hydrogen-bond donors (Lipinski definition) is 0. The summed E-state index contributed by atoms with van der Waals surface area (Å²) in [7, 11) is 3.02. The number of rotatable bonds is 8. The molecule has 0 amide bonds. The number of carbonyl (C=O) groups excluding carboxylic acids is 1. The van der Waals surface area contributed by atoms with E-state index in [0.717, 1.165) is 16.9 Å². The van der Waals surface area contributed by atoms with Crippen LogP contribution in [0.1, 0.15) is 36.8 Å². The Bertz CT molecular complexity index is 1930. The fraction of sp³-hybridized carbons (Fsp3) is 0.233. The highest BCUT2D eigenvalue weighted by Crippen LogP contribution is 2.38. The van der Waals surface area contributed by atoms with Crippen molar-refractivity contribution in [2.75, 3.05) is 20.8 Å². The Labute approximate surface area is 243 Å². The standard InChI is InChI=1S/C30H27N3O8S/c1-6-40-29(35)26-17(3)31-30-32(27(26)21-14-18(38-4)8-11-23(21)39-5)28(34)25(42-30)15-19-9-12-24(41-19)20-10-7-16(2)13-22(20)33(36)37/h7-15,27H,6H2,1-5H3/b25-15+/t27-/m0/s1. The molecule has 0 saturated carbocycles. The molecule has 216 valence electrons. The van der Waals surface area contributed by atoms with Crippen molar-refractivity contribution in [3.63, 3.8) is 0 Å². The van der Waals surface area contributed by atoms with Crippen LogP contribution in [0.25, 0.3) is 17.4 Å². The molecular weight excluding hydrogens is 562 g/mol. The lowest BCUT2D eigenvalue weighted by Crippen LogP contribution is -2.40. The summed E-state index contributed by atoms with van der Waals surface area (Å²) >= 11 is 1.13. The first-order valence-electron chi connectivity index (χ1n) is 12.9. The Morgan fingerprint density at radius 2 is 1.93 bits per heavy atom. The van der Waals surface area contributed by atoms with Gasteiger partial charge in [-0.1, -0.05) is 17.4 Å². The highest BCUT2D eigenvalue weighted by molar-refractivity contribution is 7.07. The number of furan rings is 1. The average molecular weight is 590 g/mol. The maximum absolute atomic E-state index is 14.0. The number of ether oxygens (including phenoxy) is 3. The predicted octanol–water partition coefficient (Wildman–Crippen LogP) is 4.29. The molecule has 0 fully saturated rings. The zero-order valence-electron chi connectivity index (χ0n) is 23.5. The number of esters is 1. The Morgan fingerprint density at radius 1 is 1.14 bits per heavy atom. The van der Waals surface area contributed by atoms with Crippen LogP contribution in [0.15, 0.2) is 74.0 Å². The van der Waals surface area contributed by atoms with E-state index in [9.17, 15) is 19.7 Å². The summed E-state index contributed by atoms with van der Waals surface area (Å²) in [6, 6.07) is 12.4. The van der Waals surface area contributed by atoms with Crippen LogP contribution in [-0.2, 0) is 9.53 Å². The van der Waals surface area contributed by atoms with E-state index < -0.39 is 22.5 Å². The number of thiazole rings is 1. The fourth-order valence-electron chi connectivity index (χ4n) is 4.84. The van der Waals surface area contributed by atoms with Crippen LogP contribution in [0.2, 0.25) is 0 Å². The molecule has 1 aliphatic rings. The predicted molar refractivity (Wildman–Crippen MR) is 155 cm³/mol. The first-order chi connectivity index (χ1) is 20.2. The van der Waals surface area contributed by atoms with Crippen molar-refractivity contribution in [1.82, 2.24) is 4.57 Å². The zero-order valence-corrected chi connectivity index (χ0v) is 24.3. The van der Waals surface area contributed by atoms with Crippen LogP contribution >= 0.6 is 11.3 Å². The van der Waals surface area contributed by atoms with Crippen LogP contribution in [0, 0.1) is 17.0 Å². The number of methoxy groups -OCH3 is 2. The second kappa shape index (κ2) is 11.5. The minimum absolute atomic E-state index is 0.0792. The normalized spacial score (nSPS) is 14.8. The van der Waals surface area contributed by atoms with E-state index in [0.29, 0.717) is 44.6 Å². The molecule has 5 rings (SSSR count). The van der Waals surface area contributed by atoms with Gasteiger partial charge in [-0.05, 0) is 62.7 Å². The SMILES string of the molecule is CCOC(=O)C1=C(C)N=c2s/c(=C/c3ccc(-c4ccc(C)cc4[N+](=O)[O-])o3)c(=O)n2[C@H]1c1cc(OC)ccc1OC. The number of aromatic nitrogens is 1. The summed E-state index contributed by atoms with van der Waals surface area (Å²) in [5, 5.41) is 11.6. The van der Waals surface area contributed by atoms with Gasteiger partial charge >= 0.3 is 5.97 Å². The van der Waals surface area contributed by atoms with Gasteiger partial charge < -0.3 is 18.6 Å². The number of carbonyl (C=O) groups is 1. The molecule has 11 nitrogen and oxygen atoms in total. The number of benzene rings is 2. The molecule has 1 atom stereocenters. The maximum atomic E-state index is 14.0. The second-order valence-electron chi connectivity index (χ2n) is 9.39. The van der Waals surface area contributed by atoms with Gasteiger partial charge in [-0.3, -0.25) is 19.5 Å². The Kier molecular flexibility index (Phi) is 7.81. The largest absolute Gasteiger partial charge is 0.497 e. The van der Waals surface area contributed by atoms with Crippen molar-refractivity contribution in [3.05, 3.63) is 106 Å². The van der Waals surface area contributed by atoms with E-state index in [4.69, 9.17) is 18.6 Å².